The third kappa shape index (κ3) is 6.22. The second-order valence-corrected chi connectivity index (χ2v) is 19.2. The number of hydrogen-bond donors (Lipinski definition) is 0. The number of para-hydroxylation sites is 3. The molecular weight excluding hydrogens is 773 g/mol. The third-order valence-electron chi connectivity index (χ3n) is 15.4. The van der Waals surface area contributed by atoms with Crippen LogP contribution in [0.2, 0.25) is 0 Å². The molecule has 0 amide bonds. The van der Waals surface area contributed by atoms with Gasteiger partial charge in [-0.3, -0.25) is 0 Å². The summed E-state index contributed by atoms with van der Waals surface area (Å²) in [6, 6.07) is 79.0. The Morgan fingerprint density at radius 1 is 0.375 bits per heavy atom. The quantitative estimate of drug-likeness (QED) is 0.148. The number of rotatable bonds is 8. The number of nitrogens with zero attached hydrogens (tertiary/aromatic N) is 2. The Kier molecular flexibility index (Phi) is 8.76. The van der Waals surface area contributed by atoms with Crippen LogP contribution < -0.4 is 4.90 Å². The molecule has 0 aliphatic heterocycles. The van der Waals surface area contributed by atoms with Crippen molar-refractivity contribution in [3.8, 4) is 39.1 Å². The molecule has 0 unspecified atom stereocenters. The van der Waals surface area contributed by atoms with Crippen molar-refractivity contribution in [3.05, 3.63) is 218 Å². The summed E-state index contributed by atoms with van der Waals surface area (Å²) in [6.45, 7) is 0. The molecule has 9 aromatic carbocycles. The molecule has 10 aromatic rings. The van der Waals surface area contributed by atoms with E-state index in [4.69, 9.17) is 0 Å². The first-order chi connectivity index (χ1) is 31.6. The molecule has 308 valence electrons. The zero-order valence-electron chi connectivity index (χ0n) is 36.1. The first-order valence-electron chi connectivity index (χ1n) is 23.4. The van der Waals surface area contributed by atoms with Gasteiger partial charge in [0.2, 0.25) is 0 Å². The Morgan fingerprint density at radius 2 is 0.875 bits per heavy atom. The zero-order chi connectivity index (χ0) is 42.2. The molecule has 4 saturated carbocycles. The smallest absolute Gasteiger partial charge is 0.0541 e. The predicted octanol–water partition coefficient (Wildman–Crippen LogP) is 16.9. The summed E-state index contributed by atoms with van der Waals surface area (Å²) in [6.07, 6.45) is 8.52. The van der Waals surface area contributed by atoms with Crippen molar-refractivity contribution in [3.63, 3.8) is 0 Å². The summed E-state index contributed by atoms with van der Waals surface area (Å²) in [5.74, 6) is 2.76. The molecule has 64 heavy (non-hydrogen) atoms. The molecule has 4 bridgehead atoms. The highest BCUT2D eigenvalue weighted by molar-refractivity contribution is 6.09. The van der Waals surface area contributed by atoms with Crippen LogP contribution in [0.5, 0.6) is 0 Å². The van der Waals surface area contributed by atoms with Gasteiger partial charge in [-0.05, 0) is 160 Å². The van der Waals surface area contributed by atoms with Crippen molar-refractivity contribution >= 4 is 49.6 Å². The van der Waals surface area contributed by atoms with Gasteiger partial charge in [-0.2, -0.15) is 0 Å². The first-order valence-corrected chi connectivity index (χ1v) is 23.4. The van der Waals surface area contributed by atoms with Gasteiger partial charge in [0.05, 0.1) is 16.7 Å². The van der Waals surface area contributed by atoms with E-state index >= 15 is 0 Å². The average molecular weight is 823 g/mol. The minimum atomic E-state index is 0.360. The van der Waals surface area contributed by atoms with E-state index in [1.54, 1.807) is 5.56 Å². The maximum atomic E-state index is 2.49. The molecule has 2 heteroatoms. The molecule has 0 spiro atoms. The van der Waals surface area contributed by atoms with Gasteiger partial charge >= 0.3 is 0 Å². The van der Waals surface area contributed by atoms with E-state index in [0.29, 0.717) is 5.41 Å². The Balaban J connectivity index is 0.891. The van der Waals surface area contributed by atoms with Crippen LogP contribution >= 0.6 is 0 Å². The largest absolute Gasteiger partial charge is 0.310 e. The van der Waals surface area contributed by atoms with E-state index in [9.17, 15) is 0 Å². The van der Waals surface area contributed by atoms with Crippen LogP contribution in [0.4, 0.5) is 17.1 Å². The number of hydrogen-bond acceptors (Lipinski definition) is 1. The first kappa shape index (κ1) is 37.4. The fourth-order valence-corrected chi connectivity index (χ4v) is 12.9. The van der Waals surface area contributed by atoms with Crippen LogP contribution in [0.15, 0.2) is 212 Å². The molecule has 4 aliphatic rings. The lowest BCUT2D eigenvalue weighted by Crippen LogP contribution is -2.48. The highest BCUT2D eigenvalue weighted by atomic mass is 15.1. The Bertz CT molecular complexity index is 3260. The highest BCUT2D eigenvalue weighted by Gasteiger charge is 2.51. The minimum absolute atomic E-state index is 0.360. The van der Waals surface area contributed by atoms with Crippen molar-refractivity contribution in [2.75, 3.05) is 4.90 Å². The van der Waals surface area contributed by atoms with E-state index < -0.39 is 0 Å². The van der Waals surface area contributed by atoms with Crippen molar-refractivity contribution < 1.29 is 0 Å². The molecule has 1 aromatic heterocycles. The van der Waals surface area contributed by atoms with E-state index in [2.05, 4.69) is 222 Å². The Labute approximate surface area is 376 Å². The molecule has 0 saturated heterocycles. The summed E-state index contributed by atoms with van der Waals surface area (Å²) >= 11 is 0. The van der Waals surface area contributed by atoms with Gasteiger partial charge in [0.1, 0.15) is 0 Å². The van der Waals surface area contributed by atoms with Gasteiger partial charge in [-0.25, -0.2) is 0 Å². The maximum Gasteiger partial charge on any atom is 0.0541 e. The third-order valence-corrected chi connectivity index (χ3v) is 15.4. The summed E-state index contributed by atoms with van der Waals surface area (Å²) < 4.78 is 2.45. The molecule has 0 radical (unpaired) electrons. The second-order valence-electron chi connectivity index (χ2n) is 19.2. The molecular formula is C62H50N2. The Morgan fingerprint density at radius 3 is 1.55 bits per heavy atom. The van der Waals surface area contributed by atoms with E-state index in [0.717, 1.165) is 29.1 Å². The molecule has 4 fully saturated rings. The molecule has 0 atom stereocenters. The van der Waals surface area contributed by atoms with Crippen LogP contribution in [0.1, 0.15) is 44.1 Å². The highest BCUT2D eigenvalue weighted by Crippen LogP contribution is 2.61. The van der Waals surface area contributed by atoms with Crippen LogP contribution in [0.25, 0.3) is 71.6 Å². The predicted molar refractivity (Wildman–Crippen MR) is 269 cm³/mol. The summed E-state index contributed by atoms with van der Waals surface area (Å²) in [5.41, 5.74) is 16.3. The monoisotopic (exact) mass is 822 g/mol. The topological polar surface area (TPSA) is 8.17 Å². The van der Waals surface area contributed by atoms with Gasteiger partial charge in [-0.15, -0.1) is 0 Å². The summed E-state index contributed by atoms with van der Waals surface area (Å²) in [7, 11) is 0. The maximum absolute atomic E-state index is 2.49. The number of benzene rings is 9. The molecule has 14 rings (SSSR count). The van der Waals surface area contributed by atoms with Crippen molar-refractivity contribution in [1.82, 2.24) is 4.57 Å². The van der Waals surface area contributed by atoms with E-state index in [-0.39, 0.29) is 0 Å². The molecule has 2 nitrogen and oxygen atoms in total. The Hall–Kier alpha value is -7.16. The van der Waals surface area contributed by atoms with Gasteiger partial charge < -0.3 is 9.47 Å². The summed E-state index contributed by atoms with van der Waals surface area (Å²) in [5, 5.41) is 5.10. The standard InChI is InChI=1S/C62H50N2/c1-2-15-54-47(11-1)12-10-19-55(54)48-25-23-45(24-26-48)46-27-31-51(32-28-46)63(52-33-29-50(30-34-52)62-39-42-35-43(40-62)37-44(36-42)41-62)53-14-9-13-49(38-53)56-16-3-6-20-59(56)64-60-21-7-4-17-57(60)58-18-5-8-22-61(58)64/h1-34,38,42-44H,35-37,39-41H2/t42-,43-,44?,62?/m1/s1. The molecule has 0 N–H and O–H groups in total. The normalized spacial score (nSPS) is 20.0. The van der Waals surface area contributed by atoms with Crippen molar-refractivity contribution in [2.45, 2.75) is 43.9 Å². The van der Waals surface area contributed by atoms with Crippen LogP contribution in [0.3, 0.4) is 0 Å². The minimum Gasteiger partial charge on any atom is -0.310 e. The van der Waals surface area contributed by atoms with E-state index in [1.165, 1.54) is 116 Å². The van der Waals surface area contributed by atoms with Crippen molar-refractivity contribution in [1.29, 1.82) is 0 Å². The zero-order valence-corrected chi connectivity index (χ0v) is 36.1. The summed E-state index contributed by atoms with van der Waals surface area (Å²) in [4.78, 5) is 2.46. The van der Waals surface area contributed by atoms with Gasteiger partial charge in [0.25, 0.3) is 0 Å². The van der Waals surface area contributed by atoms with Crippen LogP contribution in [-0.2, 0) is 5.41 Å². The van der Waals surface area contributed by atoms with E-state index in [1.807, 2.05) is 0 Å². The fraction of sp³-hybridized carbons (Fsp3) is 0.161. The van der Waals surface area contributed by atoms with Crippen LogP contribution in [-0.4, -0.2) is 4.57 Å². The fourth-order valence-electron chi connectivity index (χ4n) is 12.9. The van der Waals surface area contributed by atoms with Gasteiger partial charge in [0, 0.05) is 33.4 Å². The van der Waals surface area contributed by atoms with Crippen LogP contribution in [0, 0.1) is 17.8 Å². The lowest BCUT2D eigenvalue weighted by molar-refractivity contribution is -0.00518. The van der Waals surface area contributed by atoms with Gasteiger partial charge in [-0.1, -0.05) is 158 Å². The lowest BCUT2D eigenvalue weighted by atomic mass is 9.48. The number of anilines is 3. The number of aromatic nitrogens is 1. The number of fused-ring (bicyclic) bond motifs is 4. The van der Waals surface area contributed by atoms with Gasteiger partial charge in [0.15, 0.2) is 0 Å². The molecule has 1 heterocycles. The average Bonchev–Trinajstić information content (AvgIpc) is 3.68. The van der Waals surface area contributed by atoms with Crippen molar-refractivity contribution in [2.24, 2.45) is 17.8 Å². The SMILES string of the molecule is c1cc(-c2ccccc2-n2c3ccccc3c3ccccc32)cc(N(c2ccc(-c3ccc(-c4cccc5ccccc45)cc3)cc2)c2ccc(C34CC5C[C@H](C3)C[C@H](C5)C4)cc2)c1. The lowest BCUT2D eigenvalue weighted by Gasteiger charge is -2.57. The molecule has 4 aliphatic carbocycles. The second kappa shape index (κ2) is 15.0.